The second-order valence-electron chi connectivity index (χ2n) is 4.74. The average molecular weight is 298 g/mol. The molecule has 1 aliphatic heterocycles. The smallest absolute Gasteiger partial charge is 0.137 e. The number of methoxy groups -OCH3 is 1. The Bertz CT molecular complexity index is 461. The van der Waals surface area contributed by atoms with E-state index in [-0.39, 0.29) is 0 Å². The molecule has 0 unspecified atom stereocenters. The van der Waals surface area contributed by atoms with Crippen molar-refractivity contribution in [2.24, 2.45) is 5.73 Å². The summed E-state index contributed by atoms with van der Waals surface area (Å²) >= 11 is 3.56. The summed E-state index contributed by atoms with van der Waals surface area (Å²) in [6.45, 7) is 1.47. The lowest BCUT2D eigenvalue weighted by Gasteiger charge is -2.28. The van der Waals surface area contributed by atoms with Gasteiger partial charge in [-0.1, -0.05) is 0 Å². The van der Waals surface area contributed by atoms with E-state index >= 15 is 0 Å². The fourth-order valence-corrected chi connectivity index (χ4v) is 3.60. The normalized spacial score (nSPS) is 25.4. The van der Waals surface area contributed by atoms with Gasteiger partial charge in [0.15, 0.2) is 0 Å². The highest BCUT2D eigenvalue weighted by Crippen LogP contribution is 2.53. The highest BCUT2D eigenvalue weighted by molar-refractivity contribution is 9.10. The van der Waals surface area contributed by atoms with E-state index in [2.05, 4.69) is 15.9 Å². The van der Waals surface area contributed by atoms with Crippen LogP contribution in [-0.2, 0) is 0 Å². The Hall–Kier alpha value is -0.740. The standard InChI is InChI=1S/C13H16BrNO2/c1-16-10-4-9(14)13-12-8(6-17-13)3-2-7(5-15)11(10)12/h4,7-8H,2-3,5-6,15H2,1H3/t7-,8+/m0/s1. The van der Waals surface area contributed by atoms with Gasteiger partial charge in [-0.25, -0.2) is 0 Å². The number of rotatable bonds is 2. The van der Waals surface area contributed by atoms with Gasteiger partial charge in [-0.05, 0) is 41.4 Å². The van der Waals surface area contributed by atoms with Gasteiger partial charge in [0.1, 0.15) is 11.5 Å². The largest absolute Gasteiger partial charge is 0.496 e. The number of nitrogens with two attached hydrogens (primary N) is 1. The summed E-state index contributed by atoms with van der Waals surface area (Å²) in [6.07, 6.45) is 2.30. The fraction of sp³-hybridized carbons (Fsp3) is 0.538. The maximum atomic E-state index is 5.89. The fourth-order valence-electron chi connectivity index (χ4n) is 3.06. The maximum absolute atomic E-state index is 5.89. The zero-order valence-electron chi connectivity index (χ0n) is 9.83. The highest BCUT2D eigenvalue weighted by atomic mass is 79.9. The summed E-state index contributed by atoms with van der Waals surface area (Å²) in [7, 11) is 1.72. The molecule has 1 heterocycles. The van der Waals surface area contributed by atoms with Crippen LogP contribution in [0.3, 0.4) is 0 Å². The number of halogens is 1. The lowest BCUT2D eigenvalue weighted by molar-refractivity contribution is 0.316. The molecule has 0 bridgehead atoms. The second kappa shape index (κ2) is 4.18. The summed E-state index contributed by atoms with van der Waals surface area (Å²) in [6, 6.07) is 2.00. The first kappa shape index (κ1) is 11.4. The molecule has 92 valence electrons. The van der Waals surface area contributed by atoms with Gasteiger partial charge >= 0.3 is 0 Å². The molecule has 0 saturated heterocycles. The molecule has 1 aromatic rings. The Kier molecular flexibility index (Phi) is 2.79. The first-order valence-corrected chi connectivity index (χ1v) is 6.78. The number of ether oxygens (including phenoxy) is 2. The molecule has 2 N–H and O–H groups in total. The summed E-state index contributed by atoms with van der Waals surface area (Å²) in [5.41, 5.74) is 8.50. The van der Waals surface area contributed by atoms with Crippen molar-refractivity contribution in [1.82, 2.24) is 0 Å². The molecular weight excluding hydrogens is 282 g/mol. The van der Waals surface area contributed by atoms with Crippen LogP contribution in [0.2, 0.25) is 0 Å². The molecular formula is C13H16BrNO2. The lowest BCUT2D eigenvalue weighted by atomic mass is 9.77. The SMILES string of the molecule is COc1cc(Br)c2c3c1[C@H](CN)CC[C@@H]3CO2. The van der Waals surface area contributed by atoms with Crippen LogP contribution in [0.25, 0.3) is 0 Å². The summed E-state index contributed by atoms with van der Waals surface area (Å²) < 4.78 is 12.3. The average Bonchev–Trinajstić information content (AvgIpc) is 2.78. The van der Waals surface area contributed by atoms with Gasteiger partial charge in [-0.15, -0.1) is 0 Å². The van der Waals surface area contributed by atoms with Crippen LogP contribution in [0.1, 0.15) is 35.8 Å². The quantitative estimate of drug-likeness (QED) is 0.913. The Labute approximate surface area is 109 Å². The van der Waals surface area contributed by atoms with Gasteiger partial charge in [0.2, 0.25) is 0 Å². The Morgan fingerprint density at radius 1 is 1.47 bits per heavy atom. The summed E-state index contributed by atoms with van der Waals surface area (Å²) in [5.74, 6) is 2.88. The van der Waals surface area contributed by atoms with Gasteiger partial charge in [0.05, 0.1) is 18.2 Å². The molecule has 0 amide bonds. The van der Waals surface area contributed by atoms with Crippen LogP contribution in [0.15, 0.2) is 10.5 Å². The molecule has 4 heteroatoms. The third kappa shape index (κ3) is 1.58. The van der Waals surface area contributed by atoms with Crippen molar-refractivity contribution in [3.8, 4) is 11.5 Å². The van der Waals surface area contributed by atoms with Crippen LogP contribution in [0.4, 0.5) is 0 Å². The minimum absolute atomic E-state index is 0.407. The Morgan fingerprint density at radius 3 is 3.00 bits per heavy atom. The van der Waals surface area contributed by atoms with Gasteiger partial charge in [0.25, 0.3) is 0 Å². The van der Waals surface area contributed by atoms with Gasteiger partial charge in [0, 0.05) is 23.0 Å². The predicted octanol–water partition coefficient (Wildman–Crippen LogP) is 2.77. The molecule has 0 saturated carbocycles. The molecule has 2 atom stereocenters. The summed E-state index contributed by atoms with van der Waals surface area (Å²) in [5, 5.41) is 0. The zero-order valence-corrected chi connectivity index (χ0v) is 11.4. The van der Waals surface area contributed by atoms with E-state index < -0.39 is 0 Å². The van der Waals surface area contributed by atoms with E-state index in [1.54, 1.807) is 7.11 Å². The molecule has 1 aromatic carbocycles. The third-order valence-electron chi connectivity index (χ3n) is 3.89. The van der Waals surface area contributed by atoms with Crippen molar-refractivity contribution >= 4 is 15.9 Å². The van der Waals surface area contributed by atoms with E-state index in [0.717, 1.165) is 29.0 Å². The van der Waals surface area contributed by atoms with Crippen molar-refractivity contribution in [1.29, 1.82) is 0 Å². The Balaban J connectivity index is 2.24. The number of benzene rings is 1. The molecule has 0 spiro atoms. The van der Waals surface area contributed by atoms with Crippen LogP contribution < -0.4 is 15.2 Å². The first-order valence-electron chi connectivity index (χ1n) is 5.99. The van der Waals surface area contributed by atoms with Crippen LogP contribution in [-0.4, -0.2) is 20.3 Å². The van der Waals surface area contributed by atoms with Crippen molar-refractivity contribution < 1.29 is 9.47 Å². The third-order valence-corrected chi connectivity index (χ3v) is 4.48. The van der Waals surface area contributed by atoms with Gasteiger partial charge in [-0.3, -0.25) is 0 Å². The van der Waals surface area contributed by atoms with Gasteiger partial charge < -0.3 is 15.2 Å². The van der Waals surface area contributed by atoms with E-state index in [1.807, 2.05) is 6.07 Å². The van der Waals surface area contributed by atoms with Crippen molar-refractivity contribution in [3.63, 3.8) is 0 Å². The van der Waals surface area contributed by atoms with Crippen LogP contribution in [0.5, 0.6) is 11.5 Å². The molecule has 0 radical (unpaired) electrons. The molecule has 1 aliphatic carbocycles. The summed E-state index contributed by atoms with van der Waals surface area (Å²) in [4.78, 5) is 0. The van der Waals surface area contributed by atoms with Crippen LogP contribution >= 0.6 is 15.9 Å². The molecule has 3 nitrogen and oxygen atoms in total. The molecule has 3 rings (SSSR count). The lowest BCUT2D eigenvalue weighted by Crippen LogP contribution is -2.21. The molecule has 0 aromatic heterocycles. The van der Waals surface area contributed by atoms with E-state index in [4.69, 9.17) is 15.2 Å². The van der Waals surface area contributed by atoms with Crippen molar-refractivity contribution in [2.75, 3.05) is 20.3 Å². The monoisotopic (exact) mass is 297 g/mol. The Morgan fingerprint density at radius 2 is 2.29 bits per heavy atom. The zero-order chi connectivity index (χ0) is 12.0. The number of hydrogen-bond acceptors (Lipinski definition) is 3. The van der Waals surface area contributed by atoms with E-state index in [0.29, 0.717) is 18.4 Å². The second-order valence-corrected chi connectivity index (χ2v) is 5.59. The topological polar surface area (TPSA) is 44.5 Å². The molecule has 2 aliphatic rings. The predicted molar refractivity (Wildman–Crippen MR) is 70.0 cm³/mol. The number of hydrogen-bond donors (Lipinski definition) is 1. The minimum Gasteiger partial charge on any atom is -0.496 e. The van der Waals surface area contributed by atoms with Crippen molar-refractivity contribution in [3.05, 3.63) is 21.7 Å². The van der Waals surface area contributed by atoms with Crippen LogP contribution in [0, 0.1) is 0 Å². The van der Waals surface area contributed by atoms with E-state index in [1.165, 1.54) is 17.5 Å². The minimum atomic E-state index is 0.407. The maximum Gasteiger partial charge on any atom is 0.137 e. The molecule has 17 heavy (non-hydrogen) atoms. The first-order chi connectivity index (χ1) is 8.26. The van der Waals surface area contributed by atoms with Gasteiger partial charge in [-0.2, -0.15) is 0 Å². The highest BCUT2D eigenvalue weighted by Gasteiger charge is 2.37. The van der Waals surface area contributed by atoms with Crippen molar-refractivity contribution in [2.45, 2.75) is 24.7 Å². The molecule has 0 fully saturated rings. The van der Waals surface area contributed by atoms with E-state index in [9.17, 15) is 0 Å².